The molecule has 0 spiro atoms. The summed E-state index contributed by atoms with van der Waals surface area (Å²) in [6.07, 6.45) is 2.40. The average Bonchev–Trinajstić information content (AvgIpc) is 2.61. The van der Waals surface area contributed by atoms with Gasteiger partial charge in [-0.25, -0.2) is 0 Å². The van der Waals surface area contributed by atoms with E-state index in [4.69, 9.17) is 0 Å². The summed E-state index contributed by atoms with van der Waals surface area (Å²) >= 11 is 0. The smallest absolute Gasteiger partial charge is 0.118 e. The molecule has 132 valence electrons. The van der Waals surface area contributed by atoms with E-state index < -0.39 is 5.60 Å². The maximum Gasteiger partial charge on any atom is 0.118 e. The topological polar surface area (TPSA) is 36.8 Å². The summed E-state index contributed by atoms with van der Waals surface area (Å²) in [5, 5.41) is 14.1. The Morgan fingerprint density at radius 2 is 1.64 bits per heavy atom. The van der Waals surface area contributed by atoms with Crippen LogP contribution in [0.3, 0.4) is 0 Å². The van der Waals surface area contributed by atoms with Crippen LogP contribution in [0.4, 0.5) is 0 Å². The molecule has 0 aromatic heterocycles. The molecule has 1 fully saturated rings. The lowest BCUT2D eigenvalue weighted by atomic mass is 9.67. The average molecular weight is 336 g/mol. The fraction of sp³-hybridized carbons (Fsp3) is 0.391. The third-order valence-corrected chi connectivity index (χ3v) is 5.60. The summed E-state index contributed by atoms with van der Waals surface area (Å²) in [7, 11) is 0. The molecule has 2 heteroatoms. The van der Waals surface area contributed by atoms with Crippen molar-refractivity contribution in [2.75, 3.05) is 0 Å². The quantitative estimate of drug-likeness (QED) is 0.790. The first-order valence-electron chi connectivity index (χ1n) is 9.35. The van der Waals surface area contributed by atoms with Gasteiger partial charge in [0.2, 0.25) is 0 Å². The van der Waals surface area contributed by atoms with Gasteiger partial charge in [-0.15, -0.1) is 6.58 Å². The highest BCUT2D eigenvalue weighted by atomic mass is 16.3. The maximum absolute atomic E-state index is 11.7. The van der Waals surface area contributed by atoms with Crippen molar-refractivity contribution in [2.45, 2.75) is 50.8 Å². The number of hydrogen-bond donors (Lipinski definition) is 2. The minimum atomic E-state index is -0.712. The number of quaternary nitrogens is 1. The van der Waals surface area contributed by atoms with Crippen molar-refractivity contribution in [1.82, 2.24) is 0 Å². The standard InChI is InChI=1S/C23H29NO/c1-4-20-22(19-13-9-6-10-14-19)24-21(18-11-7-5-8-12-18)16-23(20,25)15-17(2)3/h5-14,20-22,24-25H,2,4,15-16H2,1,3H3/p+1/t20-,21+,22+,23-/m1/s1. The molecule has 1 aliphatic heterocycles. The van der Waals surface area contributed by atoms with Crippen LogP contribution < -0.4 is 5.32 Å². The van der Waals surface area contributed by atoms with Gasteiger partial charge in [0.05, 0.1) is 5.60 Å². The van der Waals surface area contributed by atoms with Crippen molar-refractivity contribution < 1.29 is 10.4 Å². The van der Waals surface area contributed by atoms with Gasteiger partial charge in [-0.2, -0.15) is 0 Å². The Kier molecular flexibility index (Phi) is 5.41. The Labute approximate surface area is 151 Å². The van der Waals surface area contributed by atoms with Crippen LogP contribution in [-0.2, 0) is 0 Å². The first-order valence-corrected chi connectivity index (χ1v) is 9.35. The molecule has 1 heterocycles. The second kappa shape index (κ2) is 7.55. The van der Waals surface area contributed by atoms with Crippen molar-refractivity contribution in [3.8, 4) is 0 Å². The minimum absolute atomic E-state index is 0.214. The van der Waals surface area contributed by atoms with E-state index >= 15 is 0 Å². The molecule has 3 rings (SSSR count). The van der Waals surface area contributed by atoms with Gasteiger partial charge in [0.25, 0.3) is 0 Å². The molecule has 0 saturated carbocycles. The highest BCUT2D eigenvalue weighted by molar-refractivity contribution is 5.23. The lowest BCUT2D eigenvalue weighted by Gasteiger charge is -2.46. The fourth-order valence-electron chi connectivity index (χ4n) is 4.63. The van der Waals surface area contributed by atoms with Gasteiger partial charge in [-0.05, 0) is 19.8 Å². The van der Waals surface area contributed by atoms with E-state index in [0.29, 0.717) is 6.42 Å². The second-order valence-electron chi connectivity index (χ2n) is 7.60. The van der Waals surface area contributed by atoms with Crippen LogP contribution in [0, 0.1) is 5.92 Å². The fourth-order valence-corrected chi connectivity index (χ4v) is 4.63. The monoisotopic (exact) mass is 336 g/mol. The molecule has 25 heavy (non-hydrogen) atoms. The number of piperidine rings is 1. The highest BCUT2D eigenvalue weighted by Crippen LogP contribution is 2.43. The molecular formula is C23H30NO+. The molecule has 3 N–H and O–H groups in total. The second-order valence-corrected chi connectivity index (χ2v) is 7.60. The van der Waals surface area contributed by atoms with Gasteiger partial charge < -0.3 is 10.4 Å². The first kappa shape index (κ1) is 17.9. The highest BCUT2D eigenvalue weighted by Gasteiger charge is 2.50. The molecule has 1 aliphatic rings. The number of rotatable bonds is 5. The normalized spacial score (nSPS) is 29.3. The Bertz CT molecular complexity index is 697. The predicted molar refractivity (Wildman–Crippen MR) is 103 cm³/mol. The largest absolute Gasteiger partial charge is 0.389 e. The lowest BCUT2D eigenvalue weighted by molar-refractivity contribution is -0.757. The third-order valence-electron chi connectivity index (χ3n) is 5.60. The number of hydrogen-bond acceptors (Lipinski definition) is 1. The zero-order chi connectivity index (χ0) is 17.9. The van der Waals surface area contributed by atoms with E-state index in [1.807, 2.05) is 6.92 Å². The Hall–Kier alpha value is -1.90. The molecule has 2 aromatic rings. The van der Waals surface area contributed by atoms with Gasteiger partial charge in [0.15, 0.2) is 0 Å². The Balaban J connectivity index is 2.01. The molecule has 0 bridgehead atoms. The van der Waals surface area contributed by atoms with Crippen LogP contribution in [0.25, 0.3) is 0 Å². The summed E-state index contributed by atoms with van der Waals surface area (Å²) < 4.78 is 0. The van der Waals surface area contributed by atoms with Crippen LogP contribution in [0.15, 0.2) is 72.8 Å². The number of nitrogens with two attached hydrogens (primary N) is 1. The SMILES string of the molecule is C=C(C)C[C@@]1(O)C[C@@H](c2ccccc2)[NH2+][C@@H](c2ccccc2)[C@H]1CC. The summed E-state index contributed by atoms with van der Waals surface area (Å²) in [6.45, 7) is 8.31. The Morgan fingerprint density at radius 3 is 2.16 bits per heavy atom. The number of aliphatic hydroxyl groups is 1. The van der Waals surface area contributed by atoms with Gasteiger partial charge >= 0.3 is 0 Å². The molecule has 0 amide bonds. The molecule has 0 radical (unpaired) electrons. The molecule has 4 atom stereocenters. The van der Waals surface area contributed by atoms with Crippen molar-refractivity contribution >= 4 is 0 Å². The van der Waals surface area contributed by atoms with E-state index in [2.05, 4.69) is 79.5 Å². The van der Waals surface area contributed by atoms with Crippen molar-refractivity contribution in [3.05, 3.63) is 83.9 Å². The van der Waals surface area contributed by atoms with Crippen molar-refractivity contribution in [2.24, 2.45) is 5.92 Å². The number of benzene rings is 2. The van der Waals surface area contributed by atoms with Crippen LogP contribution >= 0.6 is 0 Å². The molecule has 2 aromatic carbocycles. The van der Waals surface area contributed by atoms with Crippen LogP contribution in [-0.4, -0.2) is 10.7 Å². The molecule has 0 aliphatic carbocycles. The third kappa shape index (κ3) is 3.86. The maximum atomic E-state index is 11.7. The van der Waals surface area contributed by atoms with E-state index in [0.717, 1.165) is 18.4 Å². The molecular weight excluding hydrogens is 306 g/mol. The molecule has 0 unspecified atom stereocenters. The first-order chi connectivity index (χ1) is 12.0. The summed E-state index contributed by atoms with van der Waals surface area (Å²) in [5.74, 6) is 0.214. The van der Waals surface area contributed by atoms with Gasteiger partial charge in [0, 0.05) is 23.5 Å². The Morgan fingerprint density at radius 1 is 1.08 bits per heavy atom. The molecule has 2 nitrogen and oxygen atoms in total. The van der Waals surface area contributed by atoms with E-state index in [9.17, 15) is 5.11 Å². The zero-order valence-corrected chi connectivity index (χ0v) is 15.4. The summed E-state index contributed by atoms with van der Waals surface area (Å²) in [4.78, 5) is 0. The molecule has 1 saturated heterocycles. The van der Waals surface area contributed by atoms with Gasteiger partial charge in [-0.3, -0.25) is 0 Å². The summed E-state index contributed by atoms with van der Waals surface area (Å²) in [6, 6.07) is 21.7. The zero-order valence-electron chi connectivity index (χ0n) is 15.4. The van der Waals surface area contributed by atoms with Gasteiger partial charge in [-0.1, -0.05) is 73.2 Å². The van der Waals surface area contributed by atoms with Crippen LogP contribution in [0.1, 0.15) is 56.3 Å². The minimum Gasteiger partial charge on any atom is -0.389 e. The van der Waals surface area contributed by atoms with Crippen LogP contribution in [0.2, 0.25) is 0 Å². The van der Waals surface area contributed by atoms with Gasteiger partial charge in [0.1, 0.15) is 12.1 Å². The van der Waals surface area contributed by atoms with E-state index in [1.54, 1.807) is 0 Å². The van der Waals surface area contributed by atoms with E-state index in [1.165, 1.54) is 11.1 Å². The lowest BCUT2D eigenvalue weighted by Crippen LogP contribution is -2.91. The predicted octanol–water partition coefficient (Wildman–Crippen LogP) is 4.16. The van der Waals surface area contributed by atoms with Crippen molar-refractivity contribution in [3.63, 3.8) is 0 Å². The van der Waals surface area contributed by atoms with E-state index in [-0.39, 0.29) is 18.0 Å². The van der Waals surface area contributed by atoms with Crippen molar-refractivity contribution in [1.29, 1.82) is 0 Å². The van der Waals surface area contributed by atoms with Crippen LogP contribution in [0.5, 0.6) is 0 Å². The summed E-state index contributed by atoms with van der Waals surface area (Å²) in [5.41, 5.74) is 2.94.